The second kappa shape index (κ2) is 7.18. The molecule has 1 aromatic carbocycles. The number of ether oxygens (including phenoxy) is 1. The summed E-state index contributed by atoms with van der Waals surface area (Å²) in [5, 5.41) is 7.17. The molecule has 0 aliphatic carbocycles. The second-order valence-electron chi connectivity index (χ2n) is 7.37. The molecule has 1 saturated heterocycles. The largest absolute Gasteiger partial charge is 0.476 e. The summed E-state index contributed by atoms with van der Waals surface area (Å²) in [6.45, 7) is 3.31. The van der Waals surface area contributed by atoms with Crippen molar-refractivity contribution in [3.05, 3.63) is 36.0 Å². The summed E-state index contributed by atoms with van der Waals surface area (Å²) in [6, 6.07) is 8.44. The molecule has 1 N–H and O–H groups in total. The average molecular weight is 418 g/mol. The van der Waals surface area contributed by atoms with Gasteiger partial charge in [-0.15, -0.1) is 0 Å². The second-order valence-corrected chi connectivity index (χ2v) is 9.59. The van der Waals surface area contributed by atoms with Gasteiger partial charge in [-0.05, 0) is 25.5 Å². The van der Waals surface area contributed by atoms with Crippen molar-refractivity contribution < 1.29 is 22.7 Å². The molecule has 10 heteroatoms. The van der Waals surface area contributed by atoms with Crippen molar-refractivity contribution in [3.8, 4) is 5.75 Å². The van der Waals surface area contributed by atoms with Crippen molar-refractivity contribution in [1.82, 2.24) is 9.78 Å². The van der Waals surface area contributed by atoms with Crippen LogP contribution in [0.2, 0.25) is 0 Å². The van der Waals surface area contributed by atoms with Gasteiger partial charge in [0.05, 0.1) is 35.5 Å². The molecular formula is C19H22N4O5S. The zero-order valence-electron chi connectivity index (χ0n) is 16.2. The number of nitrogens with zero attached hydrogens (tertiary/aromatic N) is 3. The summed E-state index contributed by atoms with van der Waals surface area (Å²) in [7, 11) is -3.09. The number of para-hydroxylation sites is 2. The van der Waals surface area contributed by atoms with E-state index in [1.165, 1.54) is 11.8 Å². The third-order valence-electron chi connectivity index (χ3n) is 5.11. The normalized spacial score (nSPS) is 22.6. The summed E-state index contributed by atoms with van der Waals surface area (Å²) < 4.78 is 31.1. The number of hydrogen-bond acceptors (Lipinski definition) is 6. The van der Waals surface area contributed by atoms with E-state index in [1.807, 2.05) is 0 Å². The molecule has 0 radical (unpaired) electrons. The molecule has 9 nitrogen and oxygen atoms in total. The van der Waals surface area contributed by atoms with Crippen LogP contribution in [-0.4, -0.2) is 54.2 Å². The highest BCUT2D eigenvalue weighted by molar-refractivity contribution is 7.91. The molecule has 154 valence electrons. The van der Waals surface area contributed by atoms with E-state index in [0.717, 1.165) is 0 Å². The first-order valence-corrected chi connectivity index (χ1v) is 11.2. The monoisotopic (exact) mass is 418 g/mol. The van der Waals surface area contributed by atoms with Gasteiger partial charge in [-0.1, -0.05) is 12.1 Å². The molecule has 2 aliphatic rings. The lowest BCUT2D eigenvalue weighted by atomic mass is 10.1. The van der Waals surface area contributed by atoms with E-state index in [9.17, 15) is 18.0 Å². The van der Waals surface area contributed by atoms with E-state index in [0.29, 0.717) is 29.4 Å². The van der Waals surface area contributed by atoms with Gasteiger partial charge in [0.2, 0.25) is 5.91 Å². The van der Waals surface area contributed by atoms with Crippen molar-refractivity contribution in [3.63, 3.8) is 0 Å². The van der Waals surface area contributed by atoms with Crippen molar-refractivity contribution in [2.45, 2.75) is 32.4 Å². The van der Waals surface area contributed by atoms with E-state index >= 15 is 0 Å². The topological polar surface area (TPSA) is 111 Å². The number of aromatic nitrogens is 2. The lowest BCUT2D eigenvalue weighted by molar-refractivity contribution is -0.123. The maximum Gasteiger partial charge on any atom is 0.268 e. The van der Waals surface area contributed by atoms with Crippen LogP contribution in [0.3, 0.4) is 0 Å². The number of hydrogen-bond donors (Lipinski definition) is 1. The van der Waals surface area contributed by atoms with Crippen LogP contribution in [0.1, 0.15) is 25.1 Å². The third-order valence-corrected chi connectivity index (χ3v) is 6.86. The van der Waals surface area contributed by atoms with Gasteiger partial charge in [0, 0.05) is 13.0 Å². The standard InChI is InChI=1S/C19H22N4O5S/c1-12-9-18(23(21-12)14-7-8-29(26,27)11-14)20-19(25)17-10-22(13(2)24)15-5-3-4-6-16(15)28-17/h3-6,9,14,17H,7-8,10-11H2,1-2H3,(H,20,25)/t14-,17+/m0/s1. The van der Waals surface area contributed by atoms with E-state index in [1.54, 1.807) is 41.9 Å². The van der Waals surface area contributed by atoms with E-state index in [-0.39, 0.29) is 30.0 Å². The Kier molecular flexibility index (Phi) is 4.81. The lowest BCUT2D eigenvalue weighted by Crippen LogP contribution is -2.48. The fourth-order valence-electron chi connectivity index (χ4n) is 3.73. The lowest BCUT2D eigenvalue weighted by Gasteiger charge is -2.33. The van der Waals surface area contributed by atoms with Gasteiger partial charge < -0.3 is 15.0 Å². The van der Waals surface area contributed by atoms with E-state index in [2.05, 4.69) is 10.4 Å². The fourth-order valence-corrected chi connectivity index (χ4v) is 5.42. The molecule has 0 saturated carbocycles. The minimum atomic E-state index is -3.09. The number of fused-ring (bicyclic) bond motifs is 1. The minimum absolute atomic E-state index is 0.00239. The van der Waals surface area contributed by atoms with Crippen molar-refractivity contribution in [2.24, 2.45) is 0 Å². The first-order chi connectivity index (χ1) is 13.7. The molecule has 2 aliphatic heterocycles. The quantitative estimate of drug-likeness (QED) is 0.805. The molecule has 0 bridgehead atoms. The number of carbonyl (C=O) groups is 2. The first kappa shape index (κ1) is 19.4. The summed E-state index contributed by atoms with van der Waals surface area (Å²) in [4.78, 5) is 26.5. The highest BCUT2D eigenvalue weighted by Crippen LogP contribution is 2.33. The van der Waals surface area contributed by atoms with Crippen LogP contribution in [0, 0.1) is 6.92 Å². The van der Waals surface area contributed by atoms with Crippen LogP contribution in [0.4, 0.5) is 11.5 Å². The highest BCUT2D eigenvalue weighted by atomic mass is 32.2. The van der Waals surface area contributed by atoms with Crippen molar-refractivity contribution in [2.75, 3.05) is 28.3 Å². The maximum atomic E-state index is 12.9. The molecule has 1 fully saturated rings. The molecule has 29 heavy (non-hydrogen) atoms. The van der Waals surface area contributed by atoms with Crippen LogP contribution in [0.15, 0.2) is 30.3 Å². The number of amides is 2. The van der Waals surface area contributed by atoms with Crippen molar-refractivity contribution >= 4 is 33.2 Å². The Morgan fingerprint density at radius 2 is 2.03 bits per heavy atom. The average Bonchev–Trinajstić information content (AvgIpc) is 3.21. The molecule has 2 atom stereocenters. The minimum Gasteiger partial charge on any atom is -0.476 e. The van der Waals surface area contributed by atoms with E-state index < -0.39 is 21.8 Å². The van der Waals surface area contributed by atoms with Gasteiger partial charge in [0.1, 0.15) is 11.6 Å². The van der Waals surface area contributed by atoms with Gasteiger partial charge in [-0.2, -0.15) is 5.10 Å². The molecule has 4 rings (SSSR count). The Morgan fingerprint density at radius 1 is 1.28 bits per heavy atom. The Balaban J connectivity index is 1.56. The number of anilines is 2. The van der Waals surface area contributed by atoms with E-state index in [4.69, 9.17) is 4.74 Å². The van der Waals surface area contributed by atoms with Gasteiger partial charge in [-0.3, -0.25) is 9.59 Å². The number of aryl methyl sites for hydroxylation is 1. The highest BCUT2D eigenvalue weighted by Gasteiger charge is 2.35. The Hall–Kier alpha value is -2.88. The maximum absolute atomic E-state index is 12.9. The number of sulfone groups is 1. The molecule has 1 aromatic heterocycles. The number of nitrogens with one attached hydrogen (secondary N) is 1. The zero-order chi connectivity index (χ0) is 20.8. The SMILES string of the molecule is CC(=O)N1C[C@H](C(=O)Nc2cc(C)nn2[C@H]2CCS(=O)(=O)C2)Oc2ccccc21. The molecule has 0 spiro atoms. The van der Waals surface area contributed by atoms with Gasteiger partial charge in [0.15, 0.2) is 15.9 Å². The Labute approximate surface area is 168 Å². The molecule has 0 unspecified atom stereocenters. The number of benzene rings is 1. The predicted octanol–water partition coefficient (Wildman–Crippen LogP) is 1.30. The number of rotatable bonds is 3. The number of carbonyl (C=O) groups excluding carboxylic acids is 2. The smallest absolute Gasteiger partial charge is 0.268 e. The molecular weight excluding hydrogens is 396 g/mol. The van der Waals surface area contributed by atoms with Gasteiger partial charge in [0.25, 0.3) is 5.91 Å². The first-order valence-electron chi connectivity index (χ1n) is 9.35. The van der Waals surface area contributed by atoms with Crippen LogP contribution in [0.5, 0.6) is 5.75 Å². The third kappa shape index (κ3) is 3.84. The fraction of sp³-hybridized carbons (Fsp3) is 0.421. The van der Waals surface area contributed by atoms with Crippen LogP contribution in [-0.2, 0) is 19.4 Å². The molecule has 2 aromatic rings. The van der Waals surface area contributed by atoms with Crippen LogP contribution in [0.25, 0.3) is 0 Å². The summed E-state index contributed by atoms with van der Waals surface area (Å²) in [5.41, 5.74) is 1.30. The zero-order valence-corrected chi connectivity index (χ0v) is 17.0. The summed E-state index contributed by atoms with van der Waals surface area (Å²) in [6.07, 6.45) is -0.442. The molecule has 3 heterocycles. The van der Waals surface area contributed by atoms with Crippen LogP contribution < -0.4 is 15.0 Å². The Morgan fingerprint density at radius 3 is 2.72 bits per heavy atom. The summed E-state index contributed by atoms with van der Waals surface area (Å²) in [5.74, 6) is 0.387. The molecule has 2 amide bonds. The van der Waals surface area contributed by atoms with Crippen LogP contribution >= 0.6 is 0 Å². The van der Waals surface area contributed by atoms with Crippen molar-refractivity contribution in [1.29, 1.82) is 0 Å². The van der Waals surface area contributed by atoms with Gasteiger partial charge >= 0.3 is 0 Å². The van der Waals surface area contributed by atoms with Gasteiger partial charge in [-0.25, -0.2) is 13.1 Å². The Bertz CT molecular complexity index is 1080. The predicted molar refractivity (Wildman–Crippen MR) is 107 cm³/mol. The summed E-state index contributed by atoms with van der Waals surface area (Å²) >= 11 is 0.